The van der Waals surface area contributed by atoms with Crippen LogP contribution < -0.4 is 11.2 Å². The van der Waals surface area contributed by atoms with Crippen LogP contribution in [0.1, 0.15) is 12.8 Å². The Bertz CT molecular complexity index is 208. The summed E-state index contributed by atoms with van der Waals surface area (Å²) in [5, 5.41) is 8.12. The van der Waals surface area contributed by atoms with Gasteiger partial charge in [-0.1, -0.05) is 0 Å². The molecule has 7 heteroatoms. The highest BCUT2D eigenvalue weighted by Gasteiger charge is 2.64. The maximum absolute atomic E-state index is 12.1. The zero-order chi connectivity index (χ0) is 9.41. The Kier molecular flexibility index (Phi) is 1.91. The monoisotopic (exact) mass is 183 g/mol. The van der Waals surface area contributed by atoms with Gasteiger partial charge in [0.15, 0.2) is 5.54 Å². The van der Waals surface area contributed by atoms with Crippen molar-refractivity contribution in [3.8, 4) is 0 Å². The molecule has 12 heavy (non-hydrogen) atoms. The molecule has 0 radical (unpaired) electrons. The van der Waals surface area contributed by atoms with Crippen LogP contribution in [0.3, 0.4) is 0 Å². The number of aliphatic imine (C=N–C) groups is 1. The molecule has 0 bridgehead atoms. The van der Waals surface area contributed by atoms with E-state index in [2.05, 4.69) is 4.99 Å². The molecular weight excluding hydrogens is 175 g/mol. The van der Waals surface area contributed by atoms with Crippen LogP contribution >= 0.6 is 0 Å². The third kappa shape index (κ3) is 1.45. The fourth-order valence-corrected chi connectivity index (χ4v) is 0.833. The largest absolute Gasteiger partial charge is 0.413 e. The molecule has 1 aliphatic rings. The lowest BCUT2D eigenvalue weighted by Gasteiger charge is -2.14. The average molecular weight is 183 g/mol. The molecule has 0 amide bonds. The van der Waals surface area contributed by atoms with Crippen LogP contribution in [0.25, 0.3) is 0 Å². The van der Waals surface area contributed by atoms with Gasteiger partial charge < -0.3 is 5.73 Å². The number of halogens is 3. The lowest BCUT2D eigenvalue weighted by Crippen LogP contribution is -2.36. The van der Waals surface area contributed by atoms with Crippen molar-refractivity contribution >= 4 is 5.96 Å². The smallest absolute Gasteiger partial charge is 0.368 e. The molecule has 0 aromatic carbocycles. The maximum Gasteiger partial charge on any atom is 0.413 e. The fraction of sp³-hybridized carbons (Fsp3) is 0.800. The minimum Gasteiger partial charge on any atom is -0.368 e. The highest BCUT2D eigenvalue weighted by molar-refractivity contribution is 5.77. The highest BCUT2D eigenvalue weighted by atomic mass is 19.4. The molecule has 0 aromatic rings. The summed E-state index contributed by atoms with van der Waals surface area (Å²) in [6, 6.07) is 0. The van der Waals surface area contributed by atoms with E-state index in [1.165, 1.54) is 5.48 Å². The lowest BCUT2D eigenvalue weighted by atomic mass is 10.3. The molecule has 0 atom stereocenters. The van der Waals surface area contributed by atoms with Gasteiger partial charge in [-0.15, -0.1) is 0 Å². The molecule has 0 heterocycles. The number of alkyl halides is 3. The van der Waals surface area contributed by atoms with Crippen LogP contribution in [0.2, 0.25) is 0 Å². The molecule has 1 saturated carbocycles. The van der Waals surface area contributed by atoms with Gasteiger partial charge in [0.1, 0.15) is 0 Å². The Hall–Kier alpha value is -0.980. The quantitative estimate of drug-likeness (QED) is 0.312. The molecule has 0 aromatic heterocycles. The maximum atomic E-state index is 12.1. The van der Waals surface area contributed by atoms with E-state index in [1.807, 2.05) is 0 Å². The standard InChI is InChI=1S/C5H8F3N3O/c6-5(7,8)4(1-2-4)10-3(9)11-12/h12H,1-2H2,(H3,9,10,11). The molecule has 4 N–H and O–H groups in total. The van der Waals surface area contributed by atoms with Crippen LogP contribution in [0, 0.1) is 0 Å². The van der Waals surface area contributed by atoms with Crippen molar-refractivity contribution in [3.05, 3.63) is 0 Å². The normalized spacial score (nSPS) is 22.2. The van der Waals surface area contributed by atoms with Crippen molar-refractivity contribution in [2.24, 2.45) is 10.7 Å². The summed E-state index contributed by atoms with van der Waals surface area (Å²) in [6.07, 6.45) is -4.52. The first-order chi connectivity index (χ1) is 5.41. The first-order valence-electron chi connectivity index (χ1n) is 3.23. The molecular formula is C5H8F3N3O. The van der Waals surface area contributed by atoms with E-state index in [9.17, 15) is 13.2 Å². The lowest BCUT2D eigenvalue weighted by molar-refractivity contribution is -0.156. The van der Waals surface area contributed by atoms with E-state index in [-0.39, 0.29) is 12.8 Å². The van der Waals surface area contributed by atoms with Gasteiger partial charge in [-0.25, -0.2) is 10.5 Å². The topological polar surface area (TPSA) is 70.6 Å². The Morgan fingerprint density at radius 1 is 1.50 bits per heavy atom. The van der Waals surface area contributed by atoms with Gasteiger partial charge in [0, 0.05) is 0 Å². The molecule has 1 rings (SSSR count). The van der Waals surface area contributed by atoms with Gasteiger partial charge in [-0.05, 0) is 12.8 Å². The van der Waals surface area contributed by atoms with Gasteiger partial charge in [0.25, 0.3) is 0 Å². The van der Waals surface area contributed by atoms with Gasteiger partial charge in [-0.2, -0.15) is 13.2 Å². The van der Waals surface area contributed by atoms with Crippen LogP contribution in [-0.4, -0.2) is 22.9 Å². The van der Waals surface area contributed by atoms with Crippen molar-refractivity contribution < 1.29 is 18.4 Å². The predicted octanol–water partition coefficient (Wildman–Crippen LogP) is 0.375. The minimum atomic E-state index is -4.38. The second kappa shape index (κ2) is 2.51. The Balaban J connectivity index is 2.75. The zero-order valence-corrected chi connectivity index (χ0v) is 6.02. The summed E-state index contributed by atoms with van der Waals surface area (Å²) >= 11 is 0. The van der Waals surface area contributed by atoms with Gasteiger partial charge in [-0.3, -0.25) is 5.21 Å². The molecule has 0 unspecified atom stereocenters. The average Bonchev–Trinajstić information content (AvgIpc) is 2.67. The summed E-state index contributed by atoms with van der Waals surface area (Å²) in [5.74, 6) is -0.607. The van der Waals surface area contributed by atoms with Gasteiger partial charge in [0.05, 0.1) is 0 Å². The summed E-state index contributed by atoms with van der Waals surface area (Å²) < 4.78 is 36.4. The van der Waals surface area contributed by atoms with E-state index >= 15 is 0 Å². The molecule has 0 saturated heterocycles. The van der Waals surface area contributed by atoms with Crippen LogP contribution in [0.4, 0.5) is 13.2 Å². The molecule has 1 fully saturated rings. The summed E-state index contributed by atoms with van der Waals surface area (Å²) in [7, 11) is 0. The molecule has 70 valence electrons. The van der Waals surface area contributed by atoms with E-state index in [1.54, 1.807) is 0 Å². The van der Waals surface area contributed by atoms with E-state index in [0.29, 0.717) is 0 Å². The summed E-state index contributed by atoms with van der Waals surface area (Å²) in [4.78, 5) is 3.12. The van der Waals surface area contributed by atoms with Crippen molar-refractivity contribution in [1.29, 1.82) is 0 Å². The Labute approximate surface area is 66.2 Å². The van der Waals surface area contributed by atoms with E-state index in [4.69, 9.17) is 10.9 Å². The number of nitrogens with zero attached hydrogens (tertiary/aromatic N) is 1. The first-order valence-corrected chi connectivity index (χ1v) is 3.23. The molecule has 0 spiro atoms. The van der Waals surface area contributed by atoms with Crippen molar-refractivity contribution in [2.75, 3.05) is 0 Å². The number of nitrogens with two attached hydrogens (primary N) is 1. The van der Waals surface area contributed by atoms with Crippen molar-refractivity contribution in [3.63, 3.8) is 0 Å². The van der Waals surface area contributed by atoms with E-state index in [0.717, 1.165) is 0 Å². The summed E-state index contributed by atoms with van der Waals surface area (Å²) in [5.41, 5.74) is 4.20. The van der Waals surface area contributed by atoms with Gasteiger partial charge >= 0.3 is 6.18 Å². The number of hydrogen-bond donors (Lipinski definition) is 3. The first kappa shape index (κ1) is 9.11. The SMILES string of the molecule is NC(=NC1(C(F)(F)F)CC1)NO. The number of hydroxylamine groups is 1. The number of hydrogen-bond acceptors (Lipinski definition) is 2. The third-order valence-corrected chi connectivity index (χ3v) is 1.70. The molecule has 0 aliphatic heterocycles. The Morgan fingerprint density at radius 2 is 2.00 bits per heavy atom. The fourth-order valence-electron chi connectivity index (χ4n) is 0.833. The number of guanidine groups is 1. The van der Waals surface area contributed by atoms with Crippen molar-refractivity contribution in [2.45, 2.75) is 24.6 Å². The molecule has 4 nitrogen and oxygen atoms in total. The predicted molar refractivity (Wildman–Crippen MR) is 34.6 cm³/mol. The Morgan fingerprint density at radius 3 is 2.25 bits per heavy atom. The van der Waals surface area contributed by atoms with Crippen LogP contribution in [0.5, 0.6) is 0 Å². The van der Waals surface area contributed by atoms with Crippen LogP contribution in [-0.2, 0) is 0 Å². The minimum absolute atomic E-state index is 0.0706. The molecule has 1 aliphatic carbocycles. The second-order valence-corrected chi connectivity index (χ2v) is 2.64. The summed E-state index contributed by atoms with van der Waals surface area (Å²) in [6.45, 7) is 0. The zero-order valence-electron chi connectivity index (χ0n) is 6.02. The van der Waals surface area contributed by atoms with Gasteiger partial charge in [0.2, 0.25) is 5.96 Å². The van der Waals surface area contributed by atoms with Crippen molar-refractivity contribution in [1.82, 2.24) is 5.48 Å². The number of rotatable bonds is 1. The second-order valence-electron chi connectivity index (χ2n) is 2.64. The third-order valence-electron chi connectivity index (χ3n) is 1.70. The van der Waals surface area contributed by atoms with Crippen LogP contribution in [0.15, 0.2) is 4.99 Å². The number of nitrogens with one attached hydrogen (secondary N) is 1. The highest BCUT2D eigenvalue weighted by Crippen LogP contribution is 2.52. The van der Waals surface area contributed by atoms with E-state index < -0.39 is 17.7 Å².